The van der Waals surface area contributed by atoms with Gasteiger partial charge in [0.1, 0.15) is 5.83 Å². The normalized spacial score (nSPS) is 33.3. The highest BCUT2D eigenvalue weighted by Gasteiger charge is 2.29. The third kappa shape index (κ3) is 3.42. The first-order valence-corrected chi connectivity index (χ1v) is 8.73. The van der Waals surface area contributed by atoms with E-state index in [1.807, 2.05) is 0 Å². The van der Waals surface area contributed by atoms with Crippen LogP contribution < -0.4 is 0 Å². The van der Waals surface area contributed by atoms with Crippen molar-refractivity contribution in [1.29, 1.82) is 0 Å². The van der Waals surface area contributed by atoms with E-state index in [4.69, 9.17) is 0 Å². The Bertz CT molecular complexity index is 506. The van der Waals surface area contributed by atoms with Gasteiger partial charge in [0, 0.05) is 6.42 Å². The second-order valence-corrected chi connectivity index (χ2v) is 7.14. The predicted octanol–water partition coefficient (Wildman–Crippen LogP) is 6.58. The number of rotatable bonds is 2. The van der Waals surface area contributed by atoms with Gasteiger partial charge in [-0.25, -0.2) is 8.78 Å². The maximum Gasteiger partial charge on any atom is 0.154 e. The molecule has 22 heavy (non-hydrogen) atoms. The van der Waals surface area contributed by atoms with Crippen LogP contribution in [0, 0.1) is 17.8 Å². The van der Waals surface area contributed by atoms with Crippen molar-refractivity contribution in [2.75, 3.05) is 0 Å². The molecule has 0 aromatic rings. The molecule has 0 aliphatic heterocycles. The van der Waals surface area contributed by atoms with E-state index in [9.17, 15) is 8.78 Å². The van der Waals surface area contributed by atoms with Crippen LogP contribution in [-0.4, -0.2) is 0 Å². The van der Waals surface area contributed by atoms with Crippen LogP contribution >= 0.6 is 0 Å². The summed E-state index contributed by atoms with van der Waals surface area (Å²) in [6.07, 6.45) is 15.2. The van der Waals surface area contributed by atoms with E-state index in [1.165, 1.54) is 50.2 Å². The Morgan fingerprint density at radius 2 is 1.55 bits per heavy atom. The summed E-state index contributed by atoms with van der Waals surface area (Å²) in [4.78, 5) is 0. The molecule has 0 aromatic carbocycles. The topological polar surface area (TPSA) is 0 Å². The summed E-state index contributed by atoms with van der Waals surface area (Å²) in [5.74, 6) is 1.14. The molecular formula is C20H26F2. The van der Waals surface area contributed by atoms with Gasteiger partial charge in [-0.2, -0.15) is 0 Å². The highest BCUT2D eigenvalue weighted by Crippen LogP contribution is 2.43. The number of hydrogen-bond acceptors (Lipinski definition) is 0. The first-order valence-electron chi connectivity index (χ1n) is 8.73. The number of halogens is 2. The van der Waals surface area contributed by atoms with Crippen LogP contribution in [0.4, 0.5) is 8.78 Å². The zero-order valence-corrected chi connectivity index (χ0v) is 13.3. The molecule has 0 bridgehead atoms. The molecule has 0 atom stereocenters. The second-order valence-electron chi connectivity index (χ2n) is 7.14. The van der Waals surface area contributed by atoms with Crippen molar-refractivity contribution < 1.29 is 8.78 Å². The Morgan fingerprint density at radius 3 is 2.14 bits per heavy atom. The van der Waals surface area contributed by atoms with Crippen LogP contribution in [0.15, 0.2) is 47.6 Å². The third-order valence-corrected chi connectivity index (χ3v) is 5.94. The fraction of sp³-hybridized carbons (Fsp3) is 0.600. The number of hydrogen-bond donors (Lipinski definition) is 0. The average Bonchev–Trinajstić information content (AvgIpc) is 2.58. The molecule has 0 saturated heterocycles. The van der Waals surface area contributed by atoms with Gasteiger partial charge in [0.05, 0.1) is 0 Å². The van der Waals surface area contributed by atoms with Gasteiger partial charge in [0.15, 0.2) is 5.83 Å². The highest BCUT2D eigenvalue weighted by molar-refractivity contribution is 5.38. The molecule has 0 spiro atoms. The van der Waals surface area contributed by atoms with E-state index in [2.05, 4.69) is 12.7 Å². The van der Waals surface area contributed by atoms with E-state index in [1.54, 1.807) is 6.08 Å². The van der Waals surface area contributed by atoms with Crippen molar-refractivity contribution >= 4 is 0 Å². The zero-order valence-electron chi connectivity index (χ0n) is 13.3. The number of allylic oxidation sites excluding steroid dienone is 7. The van der Waals surface area contributed by atoms with E-state index < -0.39 is 11.7 Å². The second kappa shape index (κ2) is 6.93. The Labute approximate surface area is 132 Å². The molecule has 3 aliphatic rings. The lowest BCUT2D eigenvalue weighted by Gasteiger charge is -2.36. The van der Waals surface area contributed by atoms with Crippen molar-refractivity contribution in [3.05, 3.63) is 47.6 Å². The summed E-state index contributed by atoms with van der Waals surface area (Å²) in [6, 6.07) is 0. The Hall–Kier alpha value is -1.18. The molecule has 2 heteroatoms. The van der Waals surface area contributed by atoms with E-state index in [0.29, 0.717) is 0 Å². The molecule has 0 radical (unpaired) electrons. The van der Waals surface area contributed by atoms with Crippen LogP contribution in [0.1, 0.15) is 57.8 Å². The van der Waals surface area contributed by atoms with Gasteiger partial charge in [0.2, 0.25) is 0 Å². The monoisotopic (exact) mass is 304 g/mol. The van der Waals surface area contributed by atoms with Crippen LogP contribution in [0.3, 0.4) is 0 Å². The lowest BCUT2D eigenvalue weighted by atomic mass is 9.69. The molecule has 3 aliphatic carbocycles. The average molecular weight is 304 g/mol. The maximum absolute atomic E-state index is 13.4. The van der Waals surface area contributed by atoms with Crippen molar-refractivity contribution in [1.82, 2.24) is 0 Å². The van der Waals surface area contributed by atoms with Gasteiger partial charge >= 0.3 is 0 Å². The molecule has 0 heterocycles. The van der Waals surface area contributed by atoms with Crippen molar-refractivity contribution in [2.24, 2.45) is 17.8 Å². The van der Waals surface area contributed by atoms with E-state index in [0.717, 1.165) is 36.2 Å². The SMILES string of the molecule is C=CC1CCC(C2CCC(=C3C=CC(F)=C(F)C3)CC2)CC1. The van der Waals surface area contributed by atoms with Crippen molar-refractivity contribution in [2.45, 2.75) is 57.8 Å². The summed E-state index contributed by atoms with van der Waals surface area (Å²) in [6.45, 7) is 3.92. The lowest BCUT2D eigenvalue weighted by molar-refractivity contribution is 0.193. The highest BCUT2D eigenvalue weighted by atomic mass is 19.2. The first-order chi connectivity index (χ1) is 10.7. The Morgan fingerprint density at radius 1 is 0.909 bits per heavy atom. The molecule has 0 aromatic heterocycles. The van der Waals surface area contributed by atoms with Gasteiger partial charge < -0.3 is 0 Å². The molecule has 3 rings (SSSR count). The molecule has 0 N–H and O–H groups in total. The summed E-state index contributed by atoms with van der Waals surface area (Å²) in [5, 5.41) is 0. The van der Waals surface area contributed by atoms with Gasteiger partial charge in [-0.3, -0.25) is 0 Å². The fourth-order valence-electron chi connectivity index (χ4n) is 4.45. The minimum atomic E-state index is -0.697. The Kier molecular flexibility index (Phi) is 4.95. The van der Waals surface area contributed by atoms with Crippen LogP contribution in [-0.2, 0) is 0 Å². The molecule has 120 valence electrons. The van der Waals surface area contributed by atoms with Crippen LogP contribution in [0.25, 0.3) is 0 Å². The summed E-state index contributed by atoms with van der Waals surface area (Å²) >= 11 is 0. The first kappa shape index (κ1) is 15.7. The molecule has 0 amide bonds. The maximum atomic E-state index is 13.4. The molecule has 0 nitrogen and oxygen atoms in total. The van der Waals surface area contributed by atoms with E-state index >= 15 is 0 Å². The summed E-state index contributed by atoms with van der Waals surface area (Å²) in [5.41, 5.74) is 2.38. The quantitative estimate of drug-likeness (QED) is 0.506. The van der Waals surface area contributed by atoms with Gasteiger partial charge in [-0.15, -0.1) is 6.58 Å². The standard InChI is InChI=1S/C20H26F2/c1-2-14-3-5-15(6-4-14)16-7-9-17(10-8-16)18-11-12-19(21)20(22)13-18/h2,11-12,14-16H,1,3-10,13H2. The van der Waals surface area contributed by atoms with Crippen LogP contribution in [0.5, 0.6) is 0 Å². The fourth-order valence-corrected chi connectivity index (χ4v) is 4.45. The molecule has 2 fully saturated rings. The van der Waals surface area contributed by atoms with Crippen molar-refractivity contribution in [3.8, 4) is 0 Å². The Balaban J connectivity index is 1.55. The smallest absolute Gasteiger partial charge is 0.154 e. The minimum Gasteiger partial charge on any atom is -0.208 e. The minimum absolute atomic E-state index is 0.160. The van der Waals surface area contributed by atoms with Gasteiger partial charge in [-0.05, 0) is 80.8 Å². The molecule has 0 unspecified atom stereocenters. The predicted molar refractivity (Wildman–Crippen MR) is 87.6 cm³/mol. The van der Waals surface area contributed by atoms with Gasteiger partial charge in [-0.1, -0.05) is 17.7 Å². The lowest BCUT2D eigenvalue weighted by Crippen LogP contribution is -2.23. The summed E-state index contributed by atoms with van der Waals surface area (Å²) in [7, 11) is 0. The molecular weight excluding hydrogens is 278 g/mol. The zero-order chi connectivity index (χ0) is 15.5. The van der Waals surface area contributed by atoms with Crippen molar-refractivity contribution in [3.63, 3.8) is 0 Å². The van der Waals surface area contributed by atoms with Gasteiger partial charge in [0.25, 0.3) is 0 Å². The van der Waals surface area contributed by atoms with Crippen LogP contribution in [0.2, 0.25) is 0 Å². The summed E-state index contributed by atoms with van der Waals surface area (Å²) < 4.78 is 26.5. The van der Waals surface area contributed by atoms with E-state index in [-0.39, 0.29) is 6.42 Å². The largest absolute Gasteiger partial charge is 0.208 e. The third-order valence-electron chi connectivity index (χ3n) is 5.94. The molecule has 2 saturated carbocycles.